The van der Waals surface area contributed by atoms with E-state index in [2.05, 4.69) is 165 Å². The third-order valence-electron chi connectivity index (χ3n) is 11.1. The maximum atomic E-state index is 12.9. The number of nitrogens with one attached hydrogen (secondary N) is 1. The number of carbonyl (C=O) groups excluding carboxylic acids is 1. The number of unbranched alkanes of at least 4 members (excludes halogenated alkanes) is 10. The molecule has 0 saturated heterocycles. The molecule has 0 aromatic rings. The Kier molecular flexibility index (Phi) is 47.7. The summed E-state index contributed by atoms with van der Waals surface area (Å²) < 4.78 is 23.5. The van der Waals surface area contributed by atoms with E-state index in [9.17, 15) is 19.4 Å². The molecule has 1 amide bonds. The Labute approximate surface area is 429 Å². The second kappa shape index (κ2) is 50.3. The van der Waals surface area contributed by atoms with Crippen molar-refractivity contribution in [3.05, 3.63) is 146 Å². The van der Waals surface area contributed by atoms with E-state index in [1.165, 1.54) is 25.7 Å². The molecule has 0 aliphatic heterocycles. The van der Waals surface area contributed by atoms with Crippen molar-refractivity contribution in [2.45, 2.75) is 193 Å². The summed E-state index contributed by atoms with van der Waals surface area (Å²) in [6.45, 7) is 4.67. The van der Waals surface area contributed by atoms with Crippen LogP contribution in [0, 0.1) is 0 Å². The third-order valence-corrected chi connectivity index (χ3v) is 12.1. The van der Waals surface area contributed by atoms with Crippen molar-refractivity contribution in [2.24, 2.45) is 0 Å². The molecule has 3 unspecified atom stereocenters. The number of likely N-dealkylation sites (N-methyl/N-ethyl adjacent to an activating group) is 1. The molecule has 0 radical (unpaired) electrons. The van der Waals surface area contributed by atoms with Gasteiger partial charge < -0.3 is 19.8 Å². The molecule has 0 aromatic carbocycles. The Hall–Kier alpha value is -3.62. The lowest BCUT2D eigenvalue weighted by Crippen LogP contribution is -2.46. The van der Waals surface area contributed by atoms with Gasteiger partial charge in [-0.25, -0.2) is 4.57 Å². The molecule has 0 fully saturated rings. The number of aliphatic hydroxyl groups is 1. The van der Waals surface area contributed by atoms with Crippen LogP contribution in [0.3, 0.4) is 0 Å². The minimum absolute atomic E-state index is 0.0610. The van der Waals surface area contributed by atoms with Crippen LogP contribution < -0.4 is 5.32 Å². The Morgan fingerprint density at radius 1 is 0.500 bits per heavy atom. The minimum atomic E-state index is -4.32. The molecule has 0 aliphatic carbocycles. The first-order valence-corrected chi connectivity index (χ1v) is 28.7. The molecule has 0 aromatic heterocycles. The molecule has 9 heteroatoms. The van der Waals surface area contributed by atoms with E-state index in [0.717, 1.165) is 128 Å². The third kappa shape index (κ3) is 52.2. The highest BCUT2D eigenvalue weighted by Gasteiger charge is 2.28. The van der Waals surface area contributed by atoms with Crippen molar-refractivity contribution >= 4 is 13.7 Å². The van der Waals surface area contributed by atoms with Gasteiger partial charge in [-0.3, -0.25) is 13.8 Å². The number of allylic oxidation sites excluding steroid dienone is 24. The molecule has 8 nitrogen and oxygen atoms in total. The molecule has 0 spiro atoms. The summed E-state index contributed by atoms with van der Waals surface area (Å²) in [5.41, 5.74) is 0. The van der Waals surface area contributed by atoms with E-state index in [0.29, 0.717) is 23.9 Å². The predicted octanol–water partition coefficient (Wildman–Crippen LogP) is 16.5. The molecular weight excluding hydrogens is 888 g/mol. The second-order valence-electron chi connectivity index (χ2n) is 18.9. The van der Waals surface area contributed by atoms with Gasteiger partial charge in [0.05, 0.1) is 39.9 Å². The number of phosphoric acid groups is 1. The summed E-state index contributed by atoms with van der Waals surface area (Å²) in [5.74, 6) is -0.180. The van der Waals surface area contributed by atoms with Gasteiger partial charge in [0.15, 0.2) is 0 Å². The molecule has 3 atom stereocenters. The quantitative estimate of drug-likeness (QED) is 0.0243. The van der Waals surface area contributed by atoms with E-state index in [4.69, 9.17) is 9.05 Å². The number of hydrogen-bond acceptors (Lipinski definition) is 5. The first-order valence-electron chi connectivity index (χ1n) is 27.2. The zero-order chi connectivity index (χ0) is 51.3. The van der Waals surface area contributed by atoms with Gasteiger partial charge in [0, 0.05) is 6.42 Å². The highest BCUT2D eigenvalue weighted by molar-refractivity contribution is 7.47. The average molecular weight is 990 g/mol. The standard InChI is InChI=1S/C61H101N2O6P/c1-6-8-10-12-14-15-16-17-18-19-20-21-22-23-24-25-26-27-28-29-30-31-32-33-34-35-36-37-38-39-40-41-42-43-44-45-46-47-49-51-53-55-61(65)62-59(60(64)54-52-50-48-13-11-9-7-2)58-69-70(66,67)68-57-56-63(3,4)5/h8,10,14-15,17-18,20-21,23-24,26-27,29-30,32-33,35-36,38-39,41-42,44-45,59-60,64H,6-7,9,11-13,16,19,22,25,28,31,34,37,40,43,46-58H2,1-5H3,(H-,62,65,66,67)/p+1/b10-8-,15-14-,18-17-,21-20-,24-23-,27-26-,30-29-,33-32-,36-35-,39-38-,42-41-,45-44-. The van der Waals surface area contributed by atoms with Crippen LogP contribution in [0.15, 0.2) is 146 Å². The number of nitrogens with zero attached hydrogens (tertiary/aromatic N) is 1. The SMILES string of the molecule is CC/C=C\C/C=C\C/C=C\C/C=C\C/C=C\C/C=C\C/C=C\C/C=C\C/C=C\C/C=C\C/C=C\C/C=C\CCCCCCC(=O)NC(COP(=O)(O)OCC[N+](C)(C)C)C(O)CCCCCCCCC. The summed E-state index contributed by atoms with van der Waals surface area (Å²) in [7, 11) is 1.57. The highest BCUT2D eigenvalue weighted by atomic mass is 31.2. The Bertz CT molecular complexity index is 1640. The Balaban J connectivity index is 4.07. The number of quaternary nitrogens is 1. The van der Waals surface area contributed by atoms with Crippen molar-refractivity contribution < 1.29 is 32.9 Å². The molecule has 396 valence electrons. The molecule has 0 heterocycles. The molecule has 70 heavy (non-hydrogen) atoms. The highest BCUT2D eigenvalue weighted by Crippen LogP contribution is 2.43. The zero-order valence-electron chi connectivity index (χ0n) is 44.9. The topological polar surface area (TPSA) is 105 Å². The predicted molar refractivity (Wildman–Crippen MR) is 304 cm³/mol. The first kappa shape index (κ1) is 66.4. The molecule has 0 aliphatic rings. The lowest BCUT2D eigenvalue weighted by molar-refractivity contribution is -0.870. The largest absolute Gasteiger partial charge is 0.472 e. The lowest BCUT2D eigenvalue weighted by Gasteiger charge is -2.26. The van der Waals surface area contributed by atoms with Gasteiger partial charge in [-0.1, -0.05) is 217 Å². The van der Waals surface area contributed by atoms with E-state index >= 15 is 0 Å². The molecule has 0 bridgehead atoms. The number of hydrogen-bond donors (Lipinski definition) is 3. The van der Waals surface area contributed by atoms with Crippen LogP contribution in [0.5, 0.6) is 0 Å². The summed E-state index contributed by atoms with van der Waals surface area (Å²) in [4.78, 5) is 23.1. The Morgan fingerprint density at radius 2 is 0.857 bits per heavy atom. The van der Waals surface area contributed by atoms with Gasteiger partial charge in [-0.2, -0.15) is 0 Å². The van der Waals surface area contributed by atoms with E-state index in [-0.39, 0.29) is 19.1 Å². The van der Waals surface area contributed by atoms with Gasteiger partial charge in [-0.15, -0.1) is 0 Å². The number of amides is 1. The van der Waals surface area contributed by atoms with Crippen LogP contribution in [0.1, 0.15) is 181 Å². The van der Waals surface area contributed by atoms with E-state index < -0.39 is 20.0 Å². The van der Waals surface area contributed by atoms with Crippen LogP contribution in [0.4, 0.5) is 0 Å². The van der Waals surface area contributed by atoms with Crippen molar-refractivity contribution in [2.75, 3.05) is 40.9 Å². The maximum Gasteiger partial charge on any atom is 0.472 e. The molecule has 0 rings (SSSR count). The van der Waals surface area contributed by atoms with Crippen LogP contribution >= 0.6 is 7.82 Å². The van der Waals surface area contributed by atoms with Gasteiger partial charge in [-0.05, 0) is 103 Å². The summed E-state index contributed by atoms with van der Waals surface area (Å²) in [5, 5.41) is 13.8. The second-order valence-corrected chi connectivity index (χ2v) is 20.3. The van der Waals surface area contributed by atoms with Gasteiger partial charge in [0.2, 0.25) is 5.91 Å². The normalized spacial score (nSPS) is 15.1. The molecule has 0 saturated carbocycles. The van der Waals surface area contributed by atoms with E-state index in [1.54, 1.807) is 0 Å². The number of phosphoric ester groups is 1. The monoisotopic (exact) mass is 990 g/mol. The fraction of sp³-hybridized carbons (Fsp3) is 0.590. The minimum Gasteiger partial charge on any atom is -0.391 e. The van der Waals surface area contributed by atoms with Crippen molar-refractivity contribution in [1.82, 2.24) is 5.32 Å². The summed E-state index contributed by atoms with van der Waals surface area (Å²) >= 11 is 0. The van der Waals surface area contributed by atoms with Crippen LogP contribution in [-0.2, 0) is 18.4 Å². The number of carbonyl (C=O) groups is 1. The zero-order valence-corrected chi connectivity index (χ0v) is 45.8. The van der Waals surface area contributed by atoms with Crippen molar-refractivity contribution in [3.8, 4) is 0 Å². The van der Waals surface area contributed by atoms with Crippen LogP contribution in [0.25, 0.3) is 0 Å². The number of rotatable bonds is 47. The van der Waals surface area contributed by atoms with Crippen LogP contribution in [-0.4, -0.2) is 73.4 Å². The summed E-state index contributed by atoms with van der Waals surface area (Å²) in [6, 6.07) is -0.782. The van der Waals surface area contributed by atoms with Gasteiger partial charge >= 0.3 is 7.82 Å². The average Bonchev–Trinajstić information content (AvgIpc) is 3.32. The van der Waals surface area contributed by atoms with Crippen molar-refractivity contribution in [3.63, 3.8) is 0 Å². The van der Waals surface area contributed by atoms with Crippen LogP contribution in [0.2, 0.25) is 0 Å². The fourth-order valence-corrected chi connectivity index (χ4v) is 7.58. The first-order chi connectivity index (χ1) is 34.0. The Morgan fingerprint density at radius 3 is 1.26 bits per heavy atom. The molecule has 3 N–H and O–H groups in total. The van der Waals surface area contributed by atoms with Crippen molar-refractivity contribution in [1.29, 1.82) is 0 Å². The molecular formula is C61H102N2O6P+. The smallest absolute Gasteiger partial charge is 0.391 e. The fourth-order valence-electron chi connectivity index (χ4n) is 6.85. The van der Waals surface area contributed by atoms with Gasteiger partial charge in [0.25, 0.3) is 0 Å². The van der Waals surface area contributed by atoms with Gasteiger partial charge in [0.1, 0.15) is 13.2 Å². The number of aliphatic hydroxyl groups excluding tert-OH is 1. The maximum absolute atomic E-state index is 12.9. The van der Waals surface area contributed by atoms with E-state index in [1.807, 2.05) is 21.1 Å². The summed E-state index contributed by atoms with van der Waals surface area (Å²) in [6.07, 6.45) is 77.9. The lowest BCUT2D eigenvalue weighted by atomic mass is 10.0.